The van der Waals surface area contributed by atoms with E-state index in [1.165, 1.54) is 0 Å². The first-order chi connectivity index (χ1) is 11.1. The fraction of sp³-hybridized carbons (Fsp3) is 0.529. The maximum absolute atomic E-state index is 5.43. The Balaban J connectivity index is 1.95. The summed E-state index contributed by atoms with van der Waals surface area (Å²) < 4.78 is 10.8. The van der Waals surface area contributed by atoms with Gasteiger partial charge in [0, 0.05) is 30.6 Å². The van der Waals surface area contributed by atoms with E-state index in [9.17, 15) is 0 Å². The molecule has 0 spiro atoms. The predicted octanol–water partition coefficient (Wildman–Crippen LogP) is 2.18. The third-order valence-electron chi connectivity index (χ3n) is 4.61. The van der Waals surface area contributed by atoms with E-state index in [1.807, 2.05) is 12.1 Å². The molecule has 6 nitrogen and oxygen atoms in total. The molecule has 1 fully saturated rings. The monoisotopic (exact) mass is 316 g/mol. The number of hydrogen-bond donors (Lipinski definition) is 0. The van der Waals surface area contributed by atoms with Crippen molar-refractivity contribution in [3.05, 3.63) is 18.5 Å². The number of nitrogens with zero attached hydrogens (tertiary/aromatic N) is 4. The van der Waals surface area contributed by atoms with Gasteiger partial charge in [-0.2, -0.15) is 0 Å². The van der Waals surface area contributed by atoms with E-state index in [1.54, 1.807) is 20.5 Å². The second kappa shape index (κ2) is 6.58. The van der Waals surface area contributed by atoms with Crippen LogP contribution in [-0.2, 0) is 0 Å². The van der Waals surface area contributed by atoms with E-state index in [2.05, 4.69) is 33.9 Å². The molecule has 0 unspecified atom stereocenters. The topological polar surface area (TPSA) is 50.7 Å². The number of methoxy groups -OCH3 is 2. The number of benzene rings is 1. The van der Waals surface area contributed by atoms with Crippen LogP contribution in [0.3, 0.4) is 0 Å². The van der Waals surface area contributed by atoms with Crippen molar-refractivity contribution in [1.82, 2.24) is 14.9 Å². The summed E-state index contributed by atoms with van der Waals surface area (Å²) >= 11 is 0. The molecule has 23 heavy (non-hydrogen) atoms. The van der Waals surface area contributed by atoms with Crippen LogP contribution in [0.5, 0.6) is 11.5 Å². The third-order valence-corrected chi connectivity index (χ3v) is 4.61. The quantitative estimate of drug-likeness (QED) is 0.862. The number of aromatic nitrogens is 2. The van der Waals surface area contributed by atoms with Gasteiger partial charge in [0.25, 0.3) is 0 Å². The molecule has 3 rings (SSSR count). The van der Waals surface area contributed by atoms with Crippen LogP contribution in [0.2, 0.25) is 0 Å². The average molecular weight is 316 g/mol. The Morgan fingerprint density at radius 3 is 2.30 bits per heavy atom. The molecule has 1 aromatic heterocycles. The van der Waals surface area contributed by atoms with E-state index in [0.29, 0.717) is 17.5 Å². The van der Waals surface area contributed by atoms with Crippen LogP contribution in [0.15, 0.2) is 18.5 Å². The van der Waals surface area contributed by atoms with Crippen LogP contribution < -0.4 is 14.4 Å². The minimum atomic E-state index is 0.647. The molecule has 2 heterocycles. The first-order valence-corrected chi connectivity index (χ1v) is 7.92. The molecule has 1 saturated heterocycles. The summed E-state index contributed by atoms with van der Waals surface area (Å²) in [4.78, 5) is 13.6. The van der Waals surface area contributed by atoms with Gasteiger partial charge in [0.1, 0.15) is 12.1 Å². The van der Waals surface area contributed by atoms with Crippen LogP contribution in [0.1, 0.15) is 12.8 Å². The third kappa shape index (κ3) is 3.03. The van der Waals surface area contributed by atoms with Gasteiger partial charge in [-0.05, 0) is 33.0 Å². The summed E-state index contributed by atoms with van der Waals surface area (Å²) in [6, 6.07) is 4.53. The van der Waals surface area contributed by atoms with Crippen molar-refractivity contribution in [2.75, 3.05) is 46.3 Å². The molecule has 1 aromatic carbocycles. The molecule has 6 heteroatoms. The summed E-state index contributed by atoms with van der Waals surface area (Å²) in [6.07, 6.45) is 3.92. The highest BCUT2D eigenvalue weighted by molar-refractivity contribution is 5.92. The lowest BCUT2D eigenvalue weighted by Crippen LogP contribution is -2.42. The molecule has 0 N–H and O–H groups in total. The lowest BCUT2D eigenvalue weighted by molar-refractivity contribution is 0.249. The minimum absolute atomic E-state index is 0.647. The second-order valence-electron chi connectivity index (χ2n) is 6.10. The average Bonchev–Trinajstić information content (AvgIpc) is 2.60. The molecule has 0 atom stereocenters. The molecule has 0 amide bonds. The molecular formula is C17H24N4O2. The summed E-state index contributed by atoms with van der Waals surface area (Å²) in [5.41, 5.74) is 0.877. The molecule has 0 saturated carbocycles. The van der Waals surface area contributed by atoms with Gasteiger partial charge >= 0.3 is 0 Å². The van der Waals surface area contributed by atoms with Crippen LogP contribution in [0.25, 0.3) is 10.9 Å². The highest BCUT2D eigenvalue weighted by atomic mass is 16.5. The molecular weight excluding hydrogens is 292 g/mol. The Hall–Kier alpha value is -2.08. The fourth-order valence-electron chi connectivity index (χ4n) is 3.22. The molecule has 0 radical (unpaired) electrons. The van der Waals surface area contributed by atoms with E-state index in [0.717, 1.165) is 42.7 Å². The summed E-state index contributed by atoms with van der Waals surface area (Å²) in [5, 5.41) is 1.01. The van der Waals surface area contributed by atoms with E-state index >= 15 is 0 Å². The van der Waals surface area contributed by atoms with Gasteiger partial charge in [-0.25, -0.2) is 9.97 Å². The Morgan fingerprint density at radius 1 is 1.04 bits per heavy atom. The largest absolute Gasteiger partial charge is 0.493 e. The SMILES string of the molecule is COc1cc2ncnc(N3CCC(N(C)C)CC3)c2cc1OC. The predicted molar refractivity (Wildman–Crippen MR) is 91.6 cm³/mol. The van der Waals surface area contributed by atoms with Gasteiger partial charge < -0.3 is 19.3 Å². The van der Waals surface area contributed by atoms with Gasteiger partial charge in [0.05, 0.1) is 19.7 Å². The van der Waals surface area contributed by atoms with Crippen LogP contribution in [0, 0.1) is 0 Å². The maximum atomic E-state index is 5.43. The van der Waals surface area contributed by atoms with Crippen molar-refractivity contribution in [2.24, 2.45) is 0 Å². The van der Waals surface area contributed by atoms with Gasteiger partial charge in [0.2, 0.25) is 0 Å². The van der Waals surface area contributed by atoms with Crippen molar-refractivity contribution in [3.8, 4) is 11.5 Å². The van der Waals surface area contributed by atoms with E-state index < -0.39 is 0 Å². The Kier molecular flexibility index (Phi) is 4.52. The summed E-state index contributed by atoms with van der Waals surface area (Å²) in [6.45, 7) is 2.01. The Bertz CT molecular complexity index is 682. The normalized spacial score (nSPS) is 16.1. The highest BCUT2D eigenvalue weighted by Gasteiger charge is 2.23. The van der Waals surface area contributed by atoms with Gasteiger partial charge in [-0.3, -0.25) is 0 Å². The number of rotatable bonds is 4. The fourth-order valence-corrected chi connectivity index (χ4v) is 3.22. The zero-order chi connectivity index (χ0) is 16.4. The zero-order valence-electron chi connectivity index (χ0n) is 14.2. The molecule has 0 aliphatic carbocycles. The first-order valence-electron chi connectivity index (χ1n) is 7.92. The summed E-state index contributed by atoms with van der Waals surface area (Å²) in [5.74, 6) is 2.38. The minimum Gasteiger partial charge on any atom is -0.493 e. The Labute approximate surface area is 137 Å². The van der Waals surface area contributed by atoms with Crippen molar-refractivity contribution in [3.63, 3.8) is 0 Å². The van der Waals surface area contributed by atoms with Crippen molar-refractivity contribution in [2.45, 2.75) is 18.9 Å². The van der Waals surface area contributed by atoms with Crippen molar-refractivity contribution >= 4 is 16.7 Å². The van der Waals surface area contributed by atoms with Gasteiger partial charge in [0.15, 0.2) is 11.5 Å². The van der Waals surface area contributed by atoms with Gasteiger partial charge in [-0.1, -0.05) is 0 Å². The molecule has 1 aliphatic heterocycles. The second-order valence-corrected chi connectivity index (χ2v) is 6.10. The van der Waals surface area contributed by atoms with Crippen LogP contribution in [-0.4, -0.2) is 62.3 Å². The van der Waals surface area contributed by atoms with Crippen LogP contribution in [0.4, 0.5) is 5.82 Å². The lowest BCUT2D eigenvalue weighted by atomic mass is 10.0. The van der Waals surface area contributed by atoms with Crippen molar-refractivity contribution in [1.29, 1.82) is 0 Å². The number of fused-ring (bicyclic) bond motifs is 1. The van der Waals surface area contributed by atoms with Gasteiger partial charge in [-0.15, -0.1) is 0 Å². The highest BCUT2D eigenvalue weighted by Crippen LogP contribution is 2.35. The molecule has 1 aliphatic rings. The number of piperidine rings is 1. The Morgan fingerprint density at radius 2 is 1.70 bits per heavy atom. The molecule has 0 bridgehead atoms. The maximum Gasteiger partial charge on any atom is 0.162 e. The number of hydrogen-bond acceptors (Lipinski definition) is 6. The number of ether oxygens (including phenoxy) is 2. The number of anilines is 1. The lowest BCUT2D eigenvalue weighted by Gasteiger charge is -2.36. The van der Waals surface area contributed by atoms with E-state index in [4.69, 9.17) is 9.47 Å². The molecule has 2 aromatic rings. The summed E-state index contributed by atoms with van der Waals surface area (Å²) in [7, 11) is 7.59. The van der Waals surface area contributed by atoms with Crippen molar-refractivity contribution < 1.29 is 9.47 Å². The smallest absolute Gasteiger partial charge is 0.162 e. The zero-order valence-corrected chi connectivity index (χ0v) is 14.2. The first kappa shape index (κ1) is 15.8. The van der Waals surface area contributed by atoms with E-state index in [-0.39, 0.29) is 0 Å². The molecule has 124 valence electrons. The van der Waals surface area contributed by atoms with Crippen LogP contribution >= 0.6 is 0 Å². The standard InChI is InChI=1S/C17H24N4O2/c1-20(2)12-5-7-21(8-6-12)17-13-9-15(22-3)16(23-4)10-14(13)18-11-19-17/h9-12H,5-8H2,1-4H3.